The van der Waals surface area contributed by atoms with Gasteiger partial charge in [0.2, 0.25) is 0 Å². The van der Waals surface area contributed by atoms with Crippen LogP contribution in [0.3, 0.4) is 0 Å². The predicted molar refractivity (Wildman–Crippen MR) is 111 cm³/mol. The molecule has 0 bridgehead atoms. The van der Waals surface area contributed by atoms with Crippen LogP contribution in [0.25, 0.3) is 10.2 Å². The van der Waals surface area contributed by atoms with Crippen LogP contribution in [0, 0.1) is 11.3 Å². The topological polar surface area (TPSA) is 64.4 Å². The summed E-state index contributed by atoms with van der Waals surface area (Å²) in [6, 6.07) is 15.8. The van der Waals surface area contributed by atoms with Gasteiger partial charge in [0.1, 0.15) is 18.4 Å². The Morgan fingerprint density at radius 3 is 2.54 bits per heavy atom. The minimum absolute atomic E-state index is 0.388. The van der Waals surface area contributed by atoms with Gasteiger partial charge in [-0.2, -0.15) is 5.26 Å². The highest BCUT2D eigenvalue weighted by molar-refractivity contribution is 7.19. The molecule has 1 fully saturated rings. The van der Waals surface area contributed by atoms with Crippen LogP contribution < -0.4 is 10.2 Å². The average molecular weight is 392 g/mol. The lowest BCUT2D eigenvalue weighted by Crippen LogP contribution is -2.41. The van der Waals surface area contributed by atoms with Gasteiger partial charge in [0, 0.05) is 0 Å². The van der Waals surface area contributed by atoms with Crippen LogP contribution in [-0.4, -0.2) is 23.3 Å². The van der Waals surface area contributed by atoms with Crippen LogP contribution in [0.4, 0.5) is 0 Å². The van der Waals surface area contributed by atoms with Crippen LogP contribution in [0.5, 0.6) is 5.75 Å². The zero-order valence-electron chi connectivity index (χ0n) is 16.4. The number of hydrogen-bond donors (Lipinski definition) is 0. The summed E-state index contributed by atoms with van der Waals surface area (Å²) in [4.78, 5) is 4.25. The maximum Gasteiger partial charge on any atom is 0.495 e. The number of ether oxygens (including phenoxy) is 1. The van der Waals surface area contributed by atoms with E-state index >= 15 is 0 Å². The van der Waals surface area contributed by atoms with Crippen LogP contribution in [0.2, 0.25) is 0 Å². The SMILES string of the molecule is CC1(C)OB(c2ccccc2COc2ccc3nc(C#N)sc3c2)OC1(C)C. The van der Waals surface area contributed by atoms with Gasteiger partial charge in [0.25, 0.3) is 0 Å². The van der Waals surface area contributed by atoms with E-state index < -0.39 is 7.12 Å². The number of aromatic nitrogens is 1. The normalized spacial score (nSPS) is 17.6. The Hall–Kier alpha value is -2.40. The molecule has 3 aromatic rings. The first-order valence-electron chi connectivity index (χ1n) is 9.16. The van der Waals surface area contributed by atoms with Crippen molar-refractivity contribution in [3.8, 4) is 11.8 Å². The molecule has 0 unspecified atom stereocenters. The minimum atomic E-state index is -0.424. The van der Waals surface area contributed by atoms with Gasteiger partial charge in [0.15, 0.2) is 5.01 Å². The van der Waals surface area contributed by atoms with Crippen molar-refractivity contribution in [2.45, 2.75) is 45.5 Å². The van der Waals surface area contributed by atoms with Gasteiger partial charge in [-0.15, -0.1) is 11.3 Å². The van der Waals surface area contributed by atoms with Gasteiger partial charge >= 0.3 is 7.12 Å². The number of nitrogens with zero attached hydrogens (tertiary/aromatic N) is 2. The Kier molecular flexibility index (Phi) is 4.66. The third kappa shape index (κ3) is 3.40. The molecular formula is C21H21BN2O3S. The molecule has 2 aromatic carbocycles. The molecule has 1 aliphatic rings. The summed E-state index contributed by atoms with van der Waals surface area (Å²) < 4.78 is 19.4. The molecule has 0 radical (unpaired) electrons. The van der Waals surface area contributed by atoms with Crippen molar-refractivity contribution < 1.29 is 14.0 Å². The fourth-order valence-corrected chi connectivity index (χ4v) is 3.86. The third-order valence-electron chi connectivity index (χ3n) is 5.41. The summed E-state index contributed by atoms with van der Waals surface area (Å²) in [5.74, 6) is 0.740. The van der Waals surface area contributed by atoms with Gasteiger partial charge in [-0.1, -0.05) is 24.3 Å². The molecule has 0 N–H and O–H groups in total. The highest BCUT2D eigenvalue weighted by atomic mass is 32.1. The lowest BCUT2D eigenvalue weighted by atomic mass is 9.76. The Morgan fingerprint density at radius 1 is 1.11 bits per heavy atom. The molecule has 0 aliphatic carbocycles. The number of thiazole rings is 1. The van der Waals surface area contributed by atoms with Crippen molar-refractivity contribution in [3.05, 3.63) is 53.0 Å². The molecule has 7 heteroatoms. The first kappa shape index (κ1) is 18.9. The molecule has 0 atom stereocenters. The van der Waals surface area contributed by atoms with E-state index in [1.54, 1.807) is 0 Å². The van der Waals surface area contributed by atoms with Crippen LogP contribution in [-0.2, 0) is 15.9 Å². The first-order chi connectivity index (χ1) is 13.3. The van der Waals surface area contributed by atoms with E-state index in [0.29, 0.717) is 11.6 Å². The van der Waals surface area contributed by atoms with Crippen LogP contribution in [0.15, 0.2) is 42.5 Å². The standard InChI is InChI=1S/C21H21BN2O3S/c1-20(2)21(3,4)27-22(26-20)16-8-6-5-7-14(16)13-25-15-9-10-17-18(11-15)28-19(12-23)24-17/h5-11H,13H2,1-4H3. The van der Waals surface area contributed by atoms with Crippen LogP contribution >= 0.6 is 11.3 Å². The molecule has 4 rings (SSSR count). The van der Waals surface area contributed by atoms with Crippen molar-refractivity contribution in [2.75, 3.05) is 0 Å². The second-order valence-corrected chi connectivity index (χ2v) is 8.87. The number of hydrogen-bond acceptors (Lipinski definition) is 6. The van der Waals surface area contributed by atoms with E-state index in [1.807, 2.05) is 70.2 Å². The monoisotopic (exact) mass is 392 g/mol. The summed E-state index contributed by atoms with van der Waals surface area (Å²) >= 11 is 1.36. The quantitative estimate of drug-likeness (QED) is 0.627. The van der Waals surface area contributed by atoms with Crippen LogP contribution in [0.1, 0.15) is 38.3 Å². The molecular weight excluding hydrogens is 371 g/mol. The molecule has 5 nitrogen and oxygen atoms in total. The minimum Gasteiger partial charge on any atom is -0.489 e. The number of nitriles is 1. The lowest BCUT2D eigenvalue weighted by Gasteiger charge is -2.32. The number of benzene rings is 2. The van der Waals surface area contributed by atoms with E-state index in [4.69, 9.17) is 19.3 Å². The van der Waals surface area contributed by atoms with Crippen molar-refractivity contribution in [1.82, 2.24) is 4.98 Å². The van der Waals surface area contributed by atoms with Crippen molar-refractivity contribution in [3.63, 3.8) is 0 Å². The van der Waals surface area contributed by atoms with E-state index in [1.165, 1.54) is 11.3 Å². The highest BCUT2D eigenvalue weighted by Gasteiger charge is 2.52. The summed E-state index contributed by atoms with van der Waals surface area (Å²) in [6.45, 7) is 8.59. The van der Waals surface area contributed by atoms with E-state index in [9.17, 15) is 0 Å². The van der Waals surface area contributed by atoms with Gasteiger partial charge in [-0.25, -0.2) is 4.98 Å². The smallest absolute Gasteiger partial charge is 0.489 e. The Labute approximate surface area is 169 Å². The van der Waals surface area contributed by atoms with E-state index in [2.05, 4.69) is 11.1 Å². The molecule has 1 aromatic heterocycles. The maximum absolute atomic E-state index is 9.01. The Balaban J connectivity index is 1.54. The number of fused-ring (bicyclic) bond motifs is 1. The fraction of sp³-hybridized carbons (Fsp3) is 0.333. The molecule has 0 spiro atoms. The third-order valence-corrected chi connectivity index (χ3v) is 6.33. The molecule has 0 saturated carbocycles. The summed E-state index contributed by atoms with van der Waals surface area (Å²) in [5, 5.41) is 9.47. The first-order valence-corrected chi connectivity index (χ1v) is 9.98. The van der Waals surface area contributed by atoms with E-state index in [-0.39, 0.29) is 11.2 Å². The molecule has 1 saturated heterocycles. The highest BCUT2D eigenvalue weighted by Crippen LogP contribution is 2.36. The molecule has 2 heterocycles. The molecule has 28 heavy (non-hydrogen) atoms. The van der Waals surface area contributed by atoms with Gasteiger partial charge in [-0.05, 0) is 56.9 Å². The van der Waals surface area contributed by atoms with Crippen molar-refractivity contribution >= 4 is 34.1 Å². The fourth-order valence-electron chi connectivity index (χ4n) is 3.07. The van der Waals surface area contributed by atoms with Crippen molar-refractivity contribution in [1.29, 1.82) is 5.26 Å². The van der Waals surface area contributed by atoms with Gasteiger partial charge < -0.3 is 14.0 Å². The Morgan fingerprint density at radius 2 is 1.82 bits per heavy atom. The van der Waals surface area contributed by atoms with Crippen molar-refractivity contribution in [2.24, 2.45) is 0 Å². The van der Waals surface area contributed by atoms with E-state index in [0.717, 1.165) is 27.0 Å². The summed E-state index contributed by atoms with van der Waals surface area (Å²) in [6.07, 6.45) is 0. The zero-order chi connectivity index (χ0) is 19.9. The largest absolute Gasteiger partial charge is 0.495 e. The zero-order valence-corrected chi connectivity index (χ0v) is 17.2. The average Bonchev–Trinajstić information content (AvgIpc) is 3.17. The maximum atomic E-state index is 9.01. The molecule has 0 amide bonds. The van der Waals surface area contributed by atoms with Gasteiger partial charge in [-0.3, -0.25) is 0 Å². The molecule has 142 valence electrons. The van der Waals surface area contributed by atoms with Gasteiger partial charge in [0.05, 0.1) is 21.4 Å². The summed E-state index contributed by atoms with van der Waals surface area (Å²) in [5.41, 5.74) is 2.03. The second-order valence-electron chi connectivity index (χ2n) is 7.84. The number of rotatable bonds is 4. The summed E-state index contributed by atoms with van der Waals surface area (Å²) in [7, 11) is -0.424. The molecule has 1 aliphatic heterocycles. The predicted octanol–water partition coefficient (Wildman–Crippen LogP) is 4.05. The second kappa shape index (κ2) is 6.89. The Bertz CT molecular complexity index is 1050. The lowest BCUT2D eigenvalue weighted by molar-refractivity contribution is 0.00578.